The van der Waals surface area contributed by atoms with Gasteiger partial charge in [0.05, 0.1) is 5.69 Å². The van der Waals surface area contributed by atoms with Crippen LogP contribution in [0.4, 0.5) is 0 Å². The molecule has 2 aromatic rings. The van der Waals surface area contributed by atoms with Crippen molar-refractivity contribution in [3.63, 3.8) is 0 Å². The third-order valence-corrected chi connectivity index (χ3v) is 5.50. The number of likely N-dealkylation sites (tertiary alicyclic amines) is 1. The number of rotatable bonds is 6. The molecule has 0 spiro atoms. The van der Waals surface area contributed by atoms with E-state index in [0.29, 0.717) is 30.8 Å². The Kier molecular flexibility index (Phi) is 4.34. The molecule has 1 saturated heterocycles. The number of carbonyl (C=O) groups excluding carboxylic acids is 1. The second-order valence-corrected chi connectivity index (χ2v) is 7.50. The lowest BCUT2D eigenvalue weighted by Gasteiger charge is -2.20. The Hall–Kier alpha value is -2.14. The largest absolute Gasteiger partial charge is 0.353 e. The lowest BCUT2D eigenvalue weighted by molar-refractivity contribution is -0.121. The van der Waals surface area contributed by atoms with Crippen molar-refractivity contribution in [1.29, 1.82) is 0 Å². The van der Waals surface area contributed by atoms with Crippen molar-refractivity contribution in [2.24, 2.45) is 11.8 Å². The summed E-state index contributed by atoms with van der Waals surface area (Å²) < 4.78 is 1.92. The molecule has 2 heterocycles. The third kappa shape index (κ3) is 3.61. The molecule has 5 nitrogen and oxygen atoms in total. The average molecular weight is 338 g/mol. The van der Waals surface area contributed by atoms with Crippen LogP contribution in [0.3, 0.4) is 0 Å². The van der Waals surface area contributed by atoms with Gasteiger partial charge in [0.15, 0.2) is 0 Å². The summed E-state index contributed by atoms with van der Waals surface area (Å²) >= 11 is 0. The van der Waals surface area contributed by atoms with Gasteiger partial charge in [0.25, 0.3) is 0 Å². The highest BCUT2D eigenvalue weighted by molar-refractivity contribution is 5.76. The standard InChI is InChI=1S/C20H26N4O/c1-14-10-15(2)24(22-14)9-8-19(25)21-20-17-12-23(13-18(17)20)11-16-6-4-3-5-7-16/h3-7,10,17-18,20H,8-9,11-13H2,1-2H3,(H,21,25)/t17-,18+,20?. The number of nitrogens with zero attached hydrogens (tertiary/aromatic N) is 3. The lowest BCUT2D eigenvalue weighted by atomic mass is 10.2. The number of hydrogen-bond acceptors (Lipinski definition) is 3. The summed E-state index contributed by atoms with van der Waals surface area (Å²) in [6.07, 6.45) is 0.506. The Bertz CT molecular complexity index is 742. The van der Waals surface area contributed by atoms with Gasteiger partial charge in [0.1, 0.15) is 0 Å². The average Bonchev–Trinajstić information content (AvgIpc) is 2.93. The van der Waals surface area contributed by atoms with Crippen molar-refractivity contribution in [3.8, 4) is 0 Å². The number of fused-ring (bicyclic) bond motifs is 1. The molecule has 2 aliphatic rings. The Balaban J connectivity index is 1.20. The molecule has 1 aliphatic carbocycles. The van der Waals surface area contributed by atoms with Gasteiger partial charge >= 0.3 is 0 Å². The highest BCUT2D eigenvalue weighted by Crippen LogP contribution is 2.45. The minimum atomic E-state index is 0.154. The van der Waals surface area contributed by atoms with Crippen LogP contribution in [0.5, 0.6) is 0 Å². The van der Waals surface area contributed by atoms with E-state index in [9.17, 15) is 4.79 Å². The van der Waals surface area contributed by atoms with Gasteiger partial charge in [0.2, 0.25) is 5.91 Å². The molecule has 132 valence electrons. The van der Waals surface area contributed by atoms with E-state index in [1.54, 1.807) is 0 Å². The van der Waals surface area contributed by atoms with Crippen LogP contribution in [-0.4, -0.2) is 39.7 Å². The van der Waals surface area contributed by atoms with E-state index in [-0.39, 0.29) is 5.91 Å². The summed E-state index contributed by atoms with van der Waals surface area (Å²) in [5.41, 5.74) is 3.49. The van der Waals surface area contributed by atoms with Crippen molar-refractivity contribution < 1.29 is 4.79 Å². The van der Waals surface area contributed by atoms with Crippen LogP contribution in [-0.2, 0) is 17.9 Å². The number of aromatic nitrogens is 2. The third-order valence-electron chi connectivity index (χ3n) is 5.50. The van der Waals surface area contributed by atoms with Crippen molar-refractivity contribution in [3.05, 3.63) is 53.3 Å². The smallest absolute Gasteiger partial charge is 0.222 e. The molecule has 0 radical (unpaired) electrons. The summed E-state index contributed by atoms with van der Waals surface area (Å²) in [5.74, 6) is 1.43. The molecule has 1 aliphatic heterocycles. The lowest BCUT2D eigenvalue weighted by Crippen LogP contribution is -2.34. The topological polar surface area (TPSA) is 50.2 Å². The SMILES string of the molecule is Cc1cc(C)n(CCC(=O)NC2[C@H]3CN(Cc4ccccc4)C[C@@H]23)n1. The fourth-order valence-electron chi connectivity index (χ4n) is 4.17. The first-order valence-corrected chi connectivity index (χ1v) is 9.17. The van der Waals surface area contributed by atoms with Gasteiger partial charge in [-0.3, -0.25) is 14.4 Å². The van der Waals surface area contributed by atoms with Gasteiger partial charge < -0.3 is 5.32 Å². The molecular weight excluding hydrogens is 312 g/mol. The zero-order chi connectivity index (χ0) is 17.4. The zero-order valence-electron chi connectivity index (χ0n) is 15.0. The number of amides is 1. The molecule has 1 aromatic heterocycles. The summed E-state index contributed by atoms with van der Waals surface area (Å²) in [5, 5.41) is 7.64. The summed E-state index contributed by atoms with van der Waals surface area (Å²) in [7, 11) is 0. The quantitative estimate of drug-likeness (QED) is 0.878. The maximum absolute atomic E-state index is 12.2. The van der Waals surface area contributed by atoms with E-state index >= 15 is 0 Å². The van der Waals surface area contributed by atoms with Crippen LogP contribution >= 0.6 is 0 Å². The van der Waals surface area contributed by atoms with Crippen molar-refractivity contribution in [2.75, 3.05) is 13.1 Å². The van der Waals surface area contributed by atoms with Crippen LogP contribution in [0.1, 0.15) is 23.4 Å². The van der Waals surface area contributed by atoms with E-state index in [1.165, 1.54) is 5.56 Å². The highest BCUT2D eigenvalue weighted by Gasteiger charge is 2.56. The van der Waals surface area contributed by atoms with Gasteiger partial charge in [-0.2, -0.15) is 5.10 Å². The fourth-order valence-corrected chi connectivity index (χ4v) is 4.17. The van der Waals surface area contributed by atoms with Crippen LogP contribution in [0.25, 0.3) is 0 Å². The Morgan fingerprint density at radius 1 is 1.20 bits per heavy atom. The predicted molar refractivity (Wildman–Crippen MR) is 96.9 cm³/mol. The maximum Gasteiger partial charge on any atom is 0.222 e. The number of hydrogen-bond donors (Lipinski definition) is 1. The van der Waals surface area contributed by atoms with Gasteiger partial charge in [-0.25, -0.2) is 0 Å². The fraction of sp³-hybridized carbons (Fsp3) is 0.500. The molecular formula is C20H26N4O. The van der Waals surface area contributed by atoms with E-state index < -0.39 is 0 Å². The number of benzene rings is 1. The van der Waals surface area contributed by atoms with E-state index in [4.69, 9.17) is 0 Å². The van der Waals surface area contributed by atoms with Crippen molar-refractivity contribution >= 4 is 5.91 Å². The molecule has 2 fully saturated rings. The van der Waals surface area contributed by atoms with Crippen LogP contribution in [0.2, 0.25) is 0 Å². The first kappa shape index (κ1) is 16.3. The molecule has 1 aromatic carbocycles. The normalized spacial score (nSPS) is 25.0. The second-order valence-electron chi connectivity index (χ2n) is 7.50. The minimum absolute atomic E-state index is 0.154. The van der Waals surface area contributed by atoms with Crippen molar-refractivity contribution in [1.82, 2.24) is 20.0 Å². The number of nitrogens with one attached hydrogen (secondary N) is 1. The molecule has 1 saturated carbocycles. The molecule has 3 atom stereocenters. The molecule has 1 N–H and O–H groups in total. The molecule has 1 amide bonds. The van der Waals surface area contributed by atoms with Crippen LogP contribution in [0, 0.1) is 25.7 Å². The van der Waals surface area contributed by atoms with Gasteiger partial charge in [-0.1, -0.05) is 30.3 Å². The Morgan fingerprint density at radius 2 is 1.92 bits per heavy atom. The number of aryl methyl sites for hydroxylation is 3. The second kappa shape index (κ2) is 6.64. The van der Waals surface area contributed by atoms with E-state index in [0.717, 1.165) is 31.0 Å². The number of carbonyl (C=O) groups is 1. The maximum atomic E-state index is 12.2. The van der Waals surface area contributed by atoms with Crippen molar-refractivity contribution in [2.45, 2.75) is 39.4 Å². The first-order chi connectivity index (χ1) is 12.1. The van der Waals surface area contributed by atoms with Gasteiger partial charge in [0, 0.05) is 44.3 Å². The van der Waals surface area contributed by atoms with E-state index in [2.05, 4.69) is 45.6 Å². The monoisotopic (exact) mass is 338 g/mol. The summed E-state index contributed by atoms with van der Waals surface area (Å²) in [4.78, 5) is 14.7. The summed E-state index contributed by atoms with van der Waals surface area (Å²) in [6, 6.07) is 13.0. The molecule has 25 heavy (non-hydrogen) atoms. The van der Waals surface area contributed by atoms with Crippen LogP contribution < -0.4 is 5.32 Å². The minimum Gasteiger partial charge on any atom is -0.353 e. The van der Waals surface area contributed by atoms with Crippen LogP contribution in [0.15, 0.2) is 36.4 Å². The Labute approximate surface area is 149 Å². The zero-order valence-corrected chi connectivity index (χ0v) is 15.0. The Morgan fingerprint density at radius 3 is 2.56 bits per heavy atom. The molecule has 4 rings (SSSR count). The number of piperidine rings is 1. The van der Waals surface area contributed by atoms with Gasteiger partial charge in [-0.15, -0.1) is 0 Å². The first-order valence-electron chi connectivity index (χ1n) is 9.17. The van der Waals surface area contributed by atoms with E-state index in [1.807, 2.05) is 24.6 Å². The predicted octanol–water partition coefficient (Wildman–Crippen LogP) is 2.14. The molecule has 1 unspecified atom stereocenters. The summed E-state index contributed by atoms with van der Waals surface area (Å²) in [6.45, 7) is 7.89. The highest BCUT2D eigenvalue weighted by atomic mass is 16.1. The molecule has 5 heteroatoms. The molecule has 0 bridgehead atoms. The van der Waals surface area contributed by atoms with Gasteiger partial charge in [-0.05, 0) is 37.3 Å².